The molecule has 1 rings (SSSR count). The lowest BCUT2D eigenvalue weighted by molar-refractivity contribution is -0.126. The first-order valence-electron chi connectivity index (χ1n) is 6.58. The monoisotopic (exact) mass is 314 g/mol. The Morgan fingerprint density at radius 1 is 1.38 bits per heavy atom. The van der Waals surface area contributed by atoms with Gasteiger partial charge in [-0.25, -0.2) is 4.79 Å². The van der Waals surface area contributed by atoms with Crippen LogP contribution >= 0.6 is 11.6 Å². The third-order valence-corrected chi connectivity index (χ3v) is 2.90. The number of urea groups is 1. The van der Waals surface area contributed by atoms with Gasteiger partial charge in [0, 0.05) is 17.1 Å². The lowest BCUT2D eigenvalue weighted by Gasteiger charge is -2.18. The van der Waals surface area contributed by atoms with Crippen LogP contribution in [-0.2, 0) is 4.79 Å². The topological polar surface area (TPSA) is 87.7 Å². The Bertz CT molecular complexity index is 520. The summed E-state index contributed by atoms with van der Waals surface area (Å²) in [5.74, 6) is -0.236. The predicted molar refractivity (Wildman–Crippen MR) is 79.4 cm³/mol. The first kappa shape index (κ1) is 17.3. The standard InChI is InChI=1S/C14H19ClN2O4/c1-4-16-14(20)17-13(19)9(3)21-12-6-5-10(15)7-11(12)8(2)18/h5-9,18H,4H2,1-3H3,(H2,16,17,19,20)/t8-,9?/m1/s1. The van der Waals surface area contributed by atoms with E-state index in [-0.39, 0.29) is 0 Å². The fourth-order valence-electron chi connectivity index (χ4n) is 1.62. The number of aliphatic hydroxyl groups excluding tert-OH is 1. The second-order valence-electron chi connectivity index (χ2n) is 4.47. The van der Waals surface area contributed by atoms with Gasteiger partial charge in [-0.2, -0.15) is 0 Å². The molecule has 0 heterocycles. The number of benzene rings is 1. The molecule has 0 aliphatic rings. The molecule has 0 radical (unpaired) electrons. The average Bonchev–Trinajstić information content (AvgIpc) is 2.40. The second-order valence-corrected chi connectivity index (χ2v) is 4.90. The van der Waals surface area contributed by atoms with Crippen molar-refractivity contribution in [3.8, 4) is 5.75 Å². The van der Waals surface area contributed by atoms with E-state index in [0.717, 1.165) is 0 Å². The van der Waals surface area contributed by atoms with Crippen molar-refractivity contribution >= 4 is 23.5 Å². The summed E-state index contributed by atoms with van der Waals surface area (Å²) in [7, 11) is 0. The van der Waals surface area contributed by atoms with E-state index in [1.165, 1.54) is 6.92 Å². The fourth-order valence-corrected chi connectivity index (χ4v) is 1.80. The van der Waals surface area contributed by atoms with Crippen molar-refractivity contribution in [2.75, 3.05) is 6.54 Å². The Hall–Kier alpha value is -1.79. The van der Waals surface area contributed by atoms with Gasteiger partial charge in [-0.05, 0) is 39.0 Å². The van der Waals surface area contributed by atoms with Gasteiger partial charge in [-0.1, -0.05) is 11.6 Å². The van der Waals surface area contributed by atoms with E-state index in [1.807, 2.05) is 0 Å². The maximum Gasteiger partial charge on any atom is 0.321 e. The number of ether oxygens (including phenoxy) is 1. The molecule has 0 saturated heterocycles. The number of halogens is 1. The third-order valence-electron chi connectivity index (χ3n) is 2.67. The highest BCUT2D eigenvalue weighted by atomic mass is 35.5. The molecule has 3 amide bonds. The summed E-state index contributed by atoms with van der Waals surface area (Å²) in [4.78, 5) is 23.1. The van der Waals surface area contributed by atoms with E-state index >= 15 is 0 Å². The van der Waals surface area contributed by atoms with Gasteiger partial charge in [-0.15, -0.1) is 0 Å². The number of amides is 3. The zero-order valence-electron chi connectivity index (χ0n) is 12.1. The first-order chi connectivity index (χ1) is 9.85. The van der Waals surface area contributed by atoms with Gasteiger partial charge >= 0.3 is 6.03 Å². The lowest BCUT2D eigenvalue weighted by atomic mass is 10.1. The highest BCUT2D eigenvalue weighted by Gasteiger charge is 2.19. The molecule has 1 unspecified atom stereocenters. The predicted octanol–water partition coefficient (Wildman–Crippen LogP) is 2.01. The number of carbonyl (C=O) groups is 2. The minimum absolute atomic E-state index is 0.341. The van der Waals surface area contributed by atoms with Crippen LogP contribution in [-0.4, -0.2) is 29.7 Å². The summed E-state index contributed by atoms with van der Waals surface area (Å²) in [6, 6.07) is 4.15. The normalized spacial score (nSPS) is 13.2. The number of hydrogen-bond acceptors (Lipinski definition) is 4. The van der Waals surface area contributed by atoms with Crippen LogP contribution in [0.3, 0.4) is 0 Å². The molecule has 0 aromatic heterocycles. The van der Waals surface area contributed by atoms with Crippen molar-refractivity contribution in [3.63, 3.8) is 0 Å². The Balaban J connectivity index is 2.76. The molecule has 0 fully saturated rings. The van der Waals surface area contributed by atoms with Crippen LogP contribution in [0, 0.1) is 0 Å². The van der Waals surface area contributed by atoms with Crippen molar-refractivity contribution in [1.29, 1.82) is 0 Å². The van der Waals surface area contributed by atoms with Gasteiger partial charge in [0.1, 0.15) is 5.75 Å². The van der Waals surface area contributed by atoms with E-state index < -0.39 is 24.1 Å². The van der Waals surface area contributed by atoms with Gasteiger partial charge in [-0.3, -0.25) is 10.1 Å². The lowest BCUT2D eigenvalue weighted by Crippen LogP contribution is -2.45. The van der Waals surface area contributed by atoms with Crippen molar-refractivity contribution in [3.05, 3.63) is 28.8 Å². The number of nitrogens with one attached hydrogen (secondary N) is 2. The molecule has 1 aromatic rings. The van der Waals surface area contributed by atoms with Gasteiger partial charge in [0.05, 0.1) is 6.10 Å². The highest BCUT2D eigenvalue weighted by Crippen LogP contribution is 2.29. The fraction of sp³-hybridized carbons (Fsp3) is 0.429. The Labute approximate surface area is 128 Å². The largest absolute Gasteiger partial charge is 0.480 e. The molecule has 0 aliphatic carbocycles. The van der Waals surface area contributed by atoms with Crippen LogP contribution in [0.2, 0.25) is 5.02 Å². The highest BCUT2D eigenvalue weighted by molar-refractivity contribution is 6.30. The SMILES string of the molecule is CCNC(=O)NC(=O)C(C)Oc1ccc(Cl)cc1[C@@H](C)O. The zero-order chi connectivity index (χ0) is 16.0. The molecular weight excluding hydrogens is 296 g/mol. The Morgan fingerprint density at radius 3 is 2.62 bits per heavy atom. The summed E-state index contributed by atoms with van der Waals surface area (Å²) in [6.07, 6.45) is -1.69. The second kappa shape index (κ2) is 7.85. The van der Waals surface area contributed by atoms with Crippen molar-refractivity contribution < 1.29 is 19.4 Å². The van der Waals surface area contributed by atoms with Crippen LogP contribution < -0.4 is 15.4 Å². The molecular formula is C14H19ClN2O4. The third kappa shape index (κ3) is 5.24. The molecule has 0 aliphatic heterocycles. The zero-order valence-corrected chi connectivity index (χ0v) is 12.9. The molecule has 0 bridgehead atoms. The van der Waals surface area contributed by atoms with Crippen molar-refractivity contribution in [1.82, 2.24) is 10.6 Å². The molecule has 6 nitrogen and oxygen atoms in total. The van der Waals surface area contributed by atoms with E-state index in [2.05, 4.69) is 10.6 Å². The first-order valence-corrected chi connectivity index (χ1v) is 6.95. The Morgan fingerprint density at radius 2 is 2.05 bits per heavy atom. The molecule has 0 saturated carbocycles. The number of carbonyl (C=O) groups excluding carboxylic acids is 2. The van der Waals surface area contributed by atoms with Crippen LogP contribution in [0.4, 0.5) is 4.79 Å². The molecule has 3 N–H and O–H groups in total. The van der Waals surface area contributed by atoms with E-state index in [1.54, 1.807) is 32.0 Å². The summed E-state index contributed by atoms with van der Waals surface area (Å²) in [5, 5.41) is 14.8. The number of rotatable bonds is 5. The van der Waals surface area contributed by atoms with Gasteiger partial charge in [0.15, 0.2) is 6.10 Å². The maximum atomic E-state index is 11.8. The minimum atomic E-state index is -0.897. The molecule has 116 valence electrons. The van der Waals surface area contributed by atoms with E-state index in [9.17, 15) is 14.7 Å². The molecule has 7 heteroatoms. The summed E-state index contributed by atoms with van der Waals surface area (Å²) < 4.78 is 5.49. The summed E-state index contributed by atoms with van der Waals surface area (Å²) in [5.41, 5.74) is 0.472. The molecule has 21 heavy (non-hydrogen) atoms. The molecule has 2 atom stereocenters. The summed E-state index contributed by atoms with van der Waals surface area (Å²) in [6.45, 7) is 5.23. The number of hydrogen-bond donors (Lipinski definition) is 3. The van der Waals surface area contributed by atoms with Crippen LogP contribution in [0.15, 0.2) is 18.2 Å². The van der Waals surface area contributed by atoms with E-state index in [0.29, 0.717) is 22.9 Å². The average molecular weight is 315 g/mol. The minimum Gasteiger partial charge on any atom is -0.480 e. The van der Waals surface area contributed by atoms with Gasteiger partial charge < -0.3 is 15.2 Å². The smallest absolute Gasteiger partial charge is 0.321 e. The van der Waals surface area contributed by atoms with Crippen LogP contribution in [0.25, 0.3) is 0 Å². The van der Waals surface area contributed by atoms with E-state index in [4.69, 9.17) is 16.3 Å². The quantitative estimate of drug-likeness (QED) is 0.775. The number of aliphatic hydroxyl groups is 1. The van der Waals surface area contributed by atoms with Gasteiger partial charge in [0.2, 0.25) is 0 Å². The van der Waals surface area contributed by atoms with Crippen LogP contribution in [0.5, 0.6) is 5.75 Å². The van der Waals surface area contributed by atoms with Crippen molar-refractivity contribution in [2.24, 2.45) is 0 Å². The summed E-state index contributed by atoms with van der Waals surface area (Å²) >= 11 is 5.86. The number of imide groups is 1. The Kier molecular flexibility index (Phi) is 6.45. The molecule has 1 aromatic carbocycles. The molecule has 0 spiro atoms. The maximum absolute atomic E-state index is 11.8. The van der Waals surface area contributed by atoms with Crippen LogP contribution in [0.1, 0.15) is 32.4 Å². The van der Waals surface area contributed by atoms with Gasteiger partial charge in [0.25, 0.3) is 5.91 Å². The van der Waals surface area contributed by atoms with Crippen molar-refractivity contribution in [2.45, 2.75) is 33.0 Å².